The van der Waals surface area contributed by atoms with Gasteiger partial charge in [-0.05, 0) is 54.4 Å². The number of ether oxygens (including phenoxy) is 1. The van der Waals surface area contributed by atoms with Crippen molar-refractivity contribution in [1.29, 1.82) is 0 Å². The van der Waals surface area contributed by atoms with E-state index in [1.165, 1.54) is 12.1 Å². The smallest absolute Gasteiger partial charge is 0.265 e. The monoisotopic (exact) mass is 502 g/mol. The maximum Gasteiger partial charge on any atom is 0.265 e. The molecule has 0 amide bonds. The van der Waals surface area contributed by atoms with E-state index < -0.39 is 10.0 Å². The number of aryl methyl sites for hydroxylation is 1. The topological polar surface area (TPSA) is 137 Å². The molecule has 0 atom stereocenters. The molecule has 0 radical (unpaired) electrons. The van der Waals surface area contributed by atoms with Gasteiger partial charge in [-0.15, -0.1) is 4.91 Å². The summed E-state index contributed by atoms with van der Waals surface area (Å²) in [6, 6.07) is 18.5. The Bertz CT molecular complexity index is 1600. The molecule has 0 spiro atoms. The molecule has 0 fully saturated rings. The van der Waals surface area contributed by atoms with Gasteiger partial charge in [0.05, 0.1) is 5.69 Å². The number of nitrogen functional groups attached to an aromatic ring is 1. The number of hydrogen-bond acceptors (Lipinski definition) is 7. The summed E-state index contributed by atoms with van der Waals surface area (Å²) >= 11 is 0. The fraction of sp³-hybridized carbons (Fsp3) is 0.111. The van der Waals surface area contributed by atoms with Crippen LogP contribution in [-0.2, 0) is 10.0 Å². The first-order valence-electron chi connectivity index (χ1n) is 11.2. The van der Waals surface area contributed by atoms with Gasteiger partial charge in [0.1, 0.15) is 23.1 Å². The van der Waals surface area contributed by atoms with Crippen LogP contribution < -0.4 is 20.9 Å². The van der Waals surface area contributed by atoms with Gasteiger partial charge in [-0.3, -0.25) is 10.5 Å². The van der Waals surface area contributed by atoms with Crippen molar-refractivity contribution in [3.63, 3.8) is 0 Å². The van der Waals surface area contributed by atoms with Crippen molar-refractivity contribution in [1.82, 2.24) is 0 Å². The highest BCUT2D eigenvalue weighted by Gasteiger charge is 2.23. The zero-order valence-corrected chi connectivity index (χ0v) is 20.7. The molecule has 8 nitrogen and oxygen atoms in total. The zero-order valence-electron chi connectivity index (χ0n) is 19.9. The third-order valence-corrected chi connectivity index (χ3v) is 7.26. The Hall–Kier alpha value is -4.21. The highest BCUT2D eigenvalue weighted by atomic mass is 32.2. The predicted molar refractivity (Wildman–Crippen MR) is 146 cm³/mol. The summed E-state index contributed by atoms with van der Waals surface area (Å²) in [7, 11) is -4.08. The number of hydrogen-bond donors (Lipinski definition) is 3. The summed E-state index contributed by atoms with van der Waals surface area (Å²) < 4.78 is 35.0. The summed E-state index contributed by atoms with van der Waals surface area (Å²) in [6.45, 7) is 3.61. The second-order valence-electron chi connectivity index (χ2n) is 8.08. The Morgan fingerprint density at radius 2 is 1.72 bits per heavy atom. The van der Waals surface area contributed by atoms with Gasteiger partial charge in [0.25, 0.3) is 10.0 Å². The van der Waals surface area contributed by atoms with E-state index in [9.17, 15) is 13.3 Å². The average Bonchev–Trinajstić information content (AvgIpc) is 2.87. The van der Waals surface area contributed by atoms with Crippen molar-refractivity contribution in [2.45, 2.75) is 18.7 Å². The Morgan fingerprint density at radius 3 is 2.42 bits per heavy atom. The SMILES string of the molecule is C/C=C\c1c(C)ccc(N=O)c1-c1cc(NS(=O)(=O)c2ccccc2OCN)c2ccccc2c1N. The number of para-hydroxylation sites is 1. The fourth-order valence-electron chi connectivity index (χ4n) is 4.22. The van der Waals surface area contributed by atoms with E-state index in [1.54, 1.807) is 42.5 Å². The molecule has 0 unspecified atom stereocenters. The number of nitroso groups, excluding NO2 is 1. The predicted octanol–water partition coefficient (Wildman–Crippen LogP) is 5.92. The lowest BCUT2D eigenvalue weighted by molar-refractivity contribution is 0.321. The number of nitrogens with one attached hydrogen (secondary N) is 1. The number of benzene rings is 4. The van der Waals surface area contributed by atoms with Gasteiger partial charge in [-0.2, -0.15) is 0 Å². The Kier molecular flexibility index (Phi) is 7.05. The van der Waals surface area contributed by atoms with Crippen LogP contribution in [0.1, 0.15) is 18.1 Å². The summed E-state index contributed by atoms with van der Waals surface area (Å²) in [5, 5.41) is 4.46. The Morgan fingerprint density at radius 1 is 1.03 bits per heavy atom. The molecular formula is C27H26N4O4S. The molecule has 0 aliphatic carbocycles. The lowest BCUT2D eigenvalue weighted by Crippen LogP contribution is -2.16. The minimum Gasteiger partial charge on any atom is -0.477 e. The molecule has 0 heterocycles. The first-order chi connectivity index (χ1) is 17.3. The van der Waals surface area contributed by atoms with E-state index in [1.807, 2.05) is 38.1 Å². The van der Waals surface area contributed by atoms with E-state index in [4.69, 9.17) is 16.2 Å². The van der Waals surface area contributed by atoms with Gasteiger partial charge in [0.2, 0.25) is 0 Å². The molecule has 9 heteroatoms. The molecule has 0 aromatic heterocycles. The number of fused-ring (bicyclic) bond motifs is 1. The Labute approximate surface area is 209 Å². The third kappa shape index (κ3) is 4.53. The van der Waals surface area contributed by atoms with Crippen molar-refractivity contribution in [3.8, 4) is 16.9 Å². The largest absolute Gasteiger partial charge is 0.477 e. The van der Waals surface area contributed by atoms with Crippen molar-refractivity contribution in [3.05, 3.63) is 88.8 Å². The summed E-state index contributed by atoms with van der Waals surface area (Å²) in [4.78, 5) is 11.7. The number of rotatable bonds is 8. The molecule has 0 saturated carbocycles. The normalized spacial score (nSPS) is 11.6. The van der Waals surface area contributed by atoms with Crippen molar-refractivity contribution >= 4 is 43.9 Å². The average molecular weight is 503 g/mol. The number of sulfonamides is 1. The number of nitrogens with zero attached hydrogens (tertiary/aromatic N) is 1. The Balaban J connectivity index is 2.00. The fourth-order valence-corrected chi connectivity index (χ4v) is 5.44. The van der Waals surface area contributed by atoms with Crippen LogP contribution in [0.5, 0.6) is 5.75 Å². The molecule has 0 aliphatic heterocycles. The first-order valence-corrected chi connectivity index (χ1v) is 12.7. The maximum atomic E-state index is 13.5. The van der Waals surface area contributed by atoms with Crippen LogP contribution >= 0.6 is 0 Å². The molecule has 184 valence electrons. The minimum absolute atomic E-state index is 0.0571. The molecular weight excluding hydrogens is 476 g/mol. The minimum atomic E-state index is -4.08. The van der Waals surface area contributed by atoms with Crippen molar-refractivity contribution < 1.29 is 13.2 Å². The molecule has 4 aromatic carbocycles. The molecule has 4 rings (SSSR count). The van der Waals surface area contributed by atoms with Crippen LogP contribution in [0.25, 0.3) is 28.0 Å². The zero-order chi connectivity index (χ0) is 25.9. The molecule has 4 aromatic rings. The highest BCUT2D eigenvalue weighted by Crippen LogP contribution is 2.44. The first kappa shape index (κ1) is 24.9. The van der Waals surface area contributed by atoms with Crippen LogP contribution in [0.2, 0.25) is 0 Å². The van der Waals surface area contributed by atoms with E-state index >= 15 is 0 Å². The lowest BCUT2D eigenvalue weighted by Gasteiger charge is -2.19. The van der Waals surface area contributed by atoms with Crippen LogP contribution in [0.3, 0.4) is 0 Å². The van der Waals surface area contributed by atoms with E-state index in [0.717, 1.165) is 11.1 Å². The number of allylic oxidation sites excluding steroid dienone is 1. The van der Waals surface area contributed by atoms with Crippen molar-refractivity contribution in [2.75, 3.05) is 17.2 Å². The van der Waals surface area contributed by atoms with E-state index in [-0.39, 0.29) is 23.1 Å². The second-order valence-corrected chi connectivity index (χ2v) is 9.73. The van der Waals surface area contributed by atoms with Gasteiger partial charge in [0, 0.05) is 27.6 Å². The number of anilines is 2. The third-order valence-electron chi connectivity index (χ3n) is 5.85. The molecule has 5 N–H and O–H groups in total. The van der Waals surface area contributed by atoms with E-state index in [0.29, 0.717) is 33.3 Å². The van der Waals surface area contributed by atoms with Gasteiger partial charge < -0.3 is 10.5 Å². The second kappa shape index (κ2) is 10.2. The van der Waals surface area contributed by atoms with Gasteiger partial charge in [0.15, 0.2) is 0 Å². The number of nitrogens with two attached hydrogens (primary N) is 2. The maximum absolute atomic E-state index is 13.5. The molecule has 36 heavy (non-hydrogen) atoms. The van der Waals surface area contributed by atoms with Gasteiger partial charge >= 0.3 is 0 Å². The molecule has 0 bridgehead atoms. The van der Waals surface area contributed by atoms with E-state index in [2.05, 4.69) is 9.90 Å². The van der Waals surface area contributed by atoms with Gasteiger partial charge in [-0.25, -0.2) is 8.42 Å². The van der Waals surface area contributed by atoms with Crippen LogP contribution in [0.15, 0.2) is 82.9 Å². The van der Waals surface area contributed by atoms with Gasteiger partial charge in [-0.1, -0.05) is 54.6 Å². The van der Waals surface area contributed by atoms with Crippen molar-refractivity contribution in [2.24, 2.45) is 10.9 Å². The quantitative estimate of drug-likeness (QED) is 0.155. The summed E-state index contributed by atoms with van der Waals surface area (Å²) in [6.07, 6.45) is 3.73. The van der Waals surface area contributed by atoms with Crippen LogP contribution in [0.4, 0.5) is 17.1 Å². The molecule has 0 saturated heterocycles. The summed E-state index contributed by atoms with van der Waals surface area (Å²) in [5.41, 5.74) is 15.7. The standard InChI is InChI=1S/C27H26N4O4S/c1-3-8-18-17(2)13-14-22(30-32)26(18)21-15-23(19-9-4-5-10-20(19)27(21)29)31-36(33,34)25-12-7-6-11-24(25)35-16-28/h3-15,31H,16,28-29H2,1-2H3/b8-3-. The van der Waals surface area contributed by atoms with Crippen LogP contribution in [-0.4, -0.2) is 15.1 Å². The highest BCUT2D eigenvalue weighted by molar-refractivity contribution is 7.92. The van der Waals surface area contributed by atoms with Crippen LogP contribution in [0, 0.1) is 11.8 Å². The lowest BCUT2D eigenvalue weighted by atomic mass is 9.90. The molecule has 0 aliphatic rings. The summed E-state index contributed by atoms with van der Waals surface area (Å²) in [5.74, 6) is 0.133.